The van der Waals surface area contributed by atoms with Crippen LogP contribution in [-0.4, -0.2) is 54.2 Å². The average molecular weight is 257 g/mol. The zero-order valence-electron chi connectivity index (χ0n) is 11.3. The first-order valence-corrected chi connectivity index (χ1v) is 6.40. The second-order valence-corrected chi connectivity index (χ2v) is 4.86. The number of hydrogen-bond donors (Lipinski definition) is 3. The van der Waals surface area contributed by atoms with E-state index in [4.69, 9.17) is 0 Å². The Balaban J connectivity index is 2.42. The molecule has 0 radical (unpaired) electrons. The number of urea groups is 1. The summed E-state index contributed by atoms with van der Waals surface area (Å²) in [5.41, 5.74) is 0. The van der Waals surface area contributed by atoms with Gasteiger partial charge in [0, 0.05) is 7.05 Å². The Kier molecular flexibility index (Phi) is 5.55. The lowest BCUT2D eigenvalue weighted by Gasteiger charge is -2.36. The highest BCUT2D eigenvalue weighted by molar-refractivity contribution is 5.96. The molecule has 0 aromatic carbocycles. The summed E-state index contributed by atoms with van der Waals surface area (Å²) in [6.45, 7) is 5.15. The van der Waals surface area contributed by atoms with Gasteiger partial charge < -0.3 is 10.4 Å². The Morgan fingerprint density at radius 3 is 2.28 bits per heavy atom. The summed E-state index contributed by atoms with van der Waals surface area (Å²) < 4.78 is 0. The minimum absolute atomic E-state index is 0.287. The van der Waals surface area contributed by atoms with Gasteiger partial charge in [0.1, 0.15) is 0 Å². The highest BCUT2D eigenvalue weighted by Crippen LogP contribution is 2.21. The third kappa shape index (κ3) is 3.96. The molecular formula is C12H23N3O3. The molecule has 1 aliphatic heterocycles. The molecule has 1 aliphatic rings. The van der Waals surface area contributed by atoms with Crippen molar-refractivity contribution >= 4 is 11.9 Å². The number of amides is 3. The molecule has 104 valence electrons. The fourth-order valence-corrected chi connectivity index (χ4v) is 2.23. The first kappa shape index (κ1) is 14.9. The highest BCUT2D eigenvalue weighted by Gasteiger charge is 2.28. The Labute approximate surface area is 108 Å². The van der Waals surface area contributed by atoms with Crippen molar-refractivity contribution < 1.29 is 14.7 Å². The van der Waals surface area contributed by atoms with Crippen LogP contribution in [0.1, 0.15) is 26.7 Å². The van der Waals surface area contributed by atoms with Crippen molar-refractivity contribution in [1.82, 2.24) is 15.5 Å². The maximum absolute atomic E-state index is 11.8. The number of imide groups is 1. The summed E-state index contributed by atoms with van der Waals surface area (Å²) in [5.74, 6) is 0.0281. The van der Waals surface area contributed by atoms with Crippen LogP contribution in [0.2, 0.25) is 0 Å². The molecule has 3 N–H and O–H groups in total. The van der Waals surface area contributed by atoms with Crippen LogP contribution in [0.4, 0.5) is 4.79 Å². The minimum atomic E-state index is -0.481. The molecule has 0 aliphatic carbocycles. The van der Waals surface area contributed by atoms with Crippen LogP contribution in [-0.2, 0) is 4.79 Å². The first-order chi connectivity index (χ1) is 8.45. The van der Waals surface area contributed by atoms with E-state index in [9.17, 15) is 14.7 Å². The van der Waals surface area contributed by atoms with Crippen LogP contribution in [0.15, 0.2) is 0 Å². The van der Waals surface area contributed by atoms with E-state index in [1.165, 1.54) is 7.05 Å². The van der Waals surface area contributed by atoms with Crippen molar-refractivity contribution in [3.8, 4) is 0 Å². The van der Waals surface area contributed by atoms with Gasteiger partial charge in [-0.3, -0.25) is 15.0 Å². The van der Waals surface area contributed by atoms with Gasteiger partial charge in [0.2, 0.25) is 5.91 Å². The van der Waals surface area contributed by atoms with E-state index in [1.807, 2.05) is 11.8 Å². The number of carbonyl (C=O) groups excluding carboxylic acids is 2. The topological polar surface area (TPSA) is 81.7 Å². The normalized spacial score (nSPS) is 21.1. The van der Waals surface area contributed by atoms with Gasteiger partial charge in [-0.1, -0.05) is 0 Å². The van der Waals surface area contributed by atoms with Crippen molar-refractivity contribution in [2.24, 2.45) is 5.92 Å². The second-order valence-electron chi connectivity index (χ2n) is 4.86. The average Bonchev–Trinajstić information content (AvgIpc) is 2.37. The van der Waals surface area contributed by atoms with E-state index in [1.54, 1.807) is 6.92 Å². The van der Waals surface area contributed by atoms with Crippen LogP contribution >= 0.6 is 0 Å². The van der Waals surface area contributed by atoms with Crippen LogP contribution in [0, 0.1) is 5.92 Å². The van der Waals surface area contributed by atoms with Crippen LogP contribution in [0.25, 0.3) is 0 Å². The van der Waals surface area contributed by atoms with Gasteiger partial charge >= 0.3 is 6.03 Å². The summed E-state index contributed by atoms with van der Waals surface area (Å²) in [7, 11) is 1.47. The highest BCUT2D eigenvalue weighted by atomic mass is 16.3. The second kappa shape index (κ2) is 6.70. The Morgan fingerprint density at radius 2 is 1.83 bits per heavy atom. The van der Waals surface area contributed by atoms with E-state index in [0.29, 0.717) is 5.92 Å². The number of aliphatic hydroxyl groups is 1. The molecule has 0 saturated carbocycles. The molecule has 0 aromatic rings. The predicted molar refractivity (Wildman–Crippen MR) is 68.0 cm³/mol. The number of nitrogens with zero attached hydrogens (tertiary/aromatic N) is 1. The van der Waals surface area contributed by atoms with E-state index >= 15 is 0 Å². The number of carbonyl (C=O) groups is 2. The number of likely N-dealkylation sites (tertiary alicyclic amines) is 1. The maximum atomic E-state index is 11.8. The lowest BCUT2D eigenvalue weighted by atomic mass is 9.91. The van der Waals surface area contributed by atoms with E-state index in [2.05, 4.69) is 10.6 Å². The third-order valence-corrected chi connectivity index (χ3v) is 3.65. The number of piperidine rings is 1. The smallest absolute Gasteiger partial charge is 0.321 e. The first-order valence-electron chi connectivity index (χ1n) is 6.40. The summed E-state index contributed by atoms with van der Waals surface area (Å²) in [4.78, 5) is 24.9. The molecule has 0 spiro atoms. The summed E-state index contributed by atoms with van der Waals surface area (Å²) in [5, 5.41) is 14.1. The number of hydrogen-bond acceptors (Lipinski definition) is 4. The Bertz CT molecular complexity index is 299. The zero-order chi connectivity index (χ0) is 13.7. The quantitative estimate of drug-likeness (QED) is 0.660. The van der Waals surface area contributed by atoms with Crippen molar-refractivity contribution in [3.63, 3.8) is 0 Å². The van der Waals surface area contributed by atoms with Gasteiger partial charge in [-0.05, 0) is 45.7 Å². The van der Waals surface area contributed by atoms with Crippen molar-refractivity contribution in [1.29, 1.82) is 0 Å². The molecule has 1 heterocycles. The summed E-state index contributed by atoms with van der Waals surface area (Å²) in [6.07, 6.45) is 1.48. The SMILES string of the molecule is CNC(=O)NC(=O)[C@@H](C)N1CCC([C@H](C)O)CC1. The van der Waals surface area contributed by atoms with Crippen LogP contribution in [0.5, 0.6) is 0 Å². The van der Waals surface area contributed by atoms with E-state index in [-0.39, 0.29) is 18.1 Å². The van der Waals surface area contributed by atoms with Crippen molar-refractivity contribution in [3.05, 3.63) is 0 Å². The van der Waals surface area contributed by atoms with Gasteiger partial charge in [0.15, 0.2) is 0 Å². The van der Waals surface area contributed by atoms with Gasteiger partial charge in [0.05, 0.1) is 12.1 Å². The molecule has 18 heavy (non-hydrogen) atoms. The zero-order valence-corrected chi connectivity index (χ0v) is 11.3. The number of aliphatic hydroxyl groups excluding tert-OH is 1. The molecule has 1 fully saturated rings. The van der Waals surface area contributed by atoms with Gasteiger partial charge in [-0.2, -0.15) is 0 Å². The molecule has 0 unspecified atom stereocenters. The summed E-state index contributed by atoms with van der Waals surface area (Å²) in [6, 6.07) is -0.803. The van der Waals surface area contributed by atoms with Gasteiger partial charge in [-0.15, -0.1) is 0 Å². The molecule has 0 aromatic heterocycles. The fourth-order valence-electron chi connectivity index (χ4n) is 2.23. The lowest BCUT2D eigenvalue weighted by molar-refractivity contribution is -0.125. The molecule has 2 atom stereocenters. The molecular weight excluding hydrogens is 234 g/mol. The maximum Gasteiger partial charge on any atom is 0.321 e. The van der Waals surface area contributed by atoms with Crippen molar-refractivity contribution in [2.45, 2.75) is 38.8 Å². The van der Waals surface area contributed by atoms with Gasteiger partial charge in [-0.25, -0.2) is 4.79 Å². The molecule has 1 saturated heterocycles. The summed E-state index contributed by atoms with van der Waals surface area (Å²) >= 11 is 0. The predicted octanol–water partition coefficient (Wildman–Crippen LogP) is -0.0767. The molecule has 0 bridgehead atoms. The van der Waals surface area contributed by atoms with Crippen LogP contribution < -0.4 is 10.6 Å². The molecule has 6 nitrogen and oxygen atoms in total. The monoisotopic (exact) mass is 257 g/mol. The Hall–Kier alpha value is -1.14. The minimum Gasteiger partial charge on any atom is -0.393 e. The van der Waals surface area contributed by atoms with Crippen molar-refractivity contribution in [2.75, 3.05) is 20.1 Å². The third-order valence-electron chi connectivity index (χ3n) is 3.65. The van der Waals surface area contributed by atoms with Crippen LogP contribution in [0.3, 0.4) is 0 Å². The molecule has 1 rings (SSSR count). The number of rotatable bonds is 3. The number of nitrogens with one attached hydrogen (secondary N) is 2. The fraction of sp³-hybridized carbons (Fsp3) is 0.833. The van der Waals surface area contributed by atoms with Gasteiger partial charge in [0.25, 0.3) is 0 Å². The molecule has 6 heteroatoms. The standard InChI is InChI=1S/C12H23N3O3/c1-8(11(17)14-12(18)13-3)15-6-4-10(5-7-15)9(2)16/h8-10,16H,4-7H2,1-3H3,(H2,13,14,17,18)/t8-,9+/m1/s1. The lowest BCUT2D eigenvalue weighted by Crippen LogP contribution is -2.51. The molecule has 3 amide bonds. The van der Waals surface area contributed by atoms with E-state index in [0.717, 1.165) is 25.9 Å². The largest absolute Gasteiger partial charge is 0.393 e. The Morgan fingerprint density at radius 1 is 1.28 bits per heavy atom. The van der Waals surface area contributed by atoms with E-state index < -0.39 is 6.03 Å².